The summed E-state index contributed by atoms with van der Waals surface area (Å²) in [6, 6.07) is 12.0. The van der Waals surface area contributed by atoms with Gasteiger partial charge in [0.1, 0.15) is 5.82 Å². The lowest BCUT2D eigenvalue weighted by atomic mass is 9.88. The van der Waals surface area contributed by atoms with Crippen molar-refractivity contribution < 1.29 is 9.66 Å². The van der Waals surface area contributed by atoms with E-state index in [0.29, 0.717) is 28.7 Å². The van der Waals surface area contributed by atoms with Crippen molar-refractivity contribution in [2.45, 2.75) is 64.4 Å². The van der Waals surface area contributed by atoms with Gasteiger partial charge in [0.2, 0.25) is 5.75 Å². The number of nitro groups is 1. The molecule has 33 heavy (non-hydrogen) atoms. The van der Waals surface area contributed by atoms with E-state index < -0.39 is 4.92 Å². The SMILES string of the molecule is CC[C@H](C)Oc1c(C=Nn2c(C3CCCCC3)nc3ccccc3c2=O)cccc1[N+](=O)[O-]. The van der Waals surface area contributed by atoms with Crippen molar-refractivity contribution in [2.75, 3.05) is 0 Å². The zero-order chi connectivity index (χ0) is 23.4. The largest absolute Gasteiger partial charge is 0.483 e. The summed E-state index contributed by atoms with van der Waals surface area (Å²) >= 11 is 0. The Bertz CT molecular complexity index is 1240. The van der Waals surface area contributed by atoms with Crippen LogP contribution in [0.25, 0.3) is 10.9 Å². The highest BCUT2D eigenvalue weighted by molar-refractivity contribution is 5.86. The van der Waals surface area contributed by atoms with Crippen LogP contribution in [0.1, 0.15) is 69.7 Å². The van der Waals surface area contributed by atoms with Crippen molar-refractivity contribution in [1.82, 2.24) is 9.66 Å². The molecule has 1 heterocycles. The number of fused-ring (bicyclic) bond motifs is 1. The zero-order valence-corrected chi connectivity index (χ0v) is 18.9. The lowest BCUT2D eigenvalue weighted by Gasteiger charge is -2.22. The molecule has 0 radical (unpaired) electrons. The van der Waals surface area contributed by atoms with Crippen LogP contribution in [0.5, 0.6) is 5.75 Å². The van der Waals surface area contributed by atoms with Crippen LogP contribution in [-0.2, 0) is 0 Å². The molecule has 1 fully saturated rings. The van der Waals surface area contributed by atoms with Crippen molar-refractivity contribution in [3.8, 4) is 5.75 Å². The predicted molar refractivity (Wildman–Crippen MR) is 128 cm³/mol. The number of ether oxygens (including phenoxy) is 1. The standard InChI is InChI=1S/C25H28N4O4/c1-3-17(2)33-23-19(12-9-15-22(23)29(31)32)16-26-28-24(18-10-5-4-6-11-18)27-21-14-8-7-13-20(21)25(28)30/h7-9,12-18H,3-6,10-11H2,1-2H3/t17-/m0/s1. The third kappa shape index (κ3) is 4.79. The highest BCUT2D eigenvalue weighted by Gasteiger charge is 2.23. The first-order chi connectivity index (χ1) is 16.0. The monoisotopic (exact) mass is 448 g/mol. The molecule has 172 valence electrons. The Balaban J connectivity index is 1.84. The highest BCUT2D eigenvalue weighted by Crippen LogP contribution is 2.33. The minimum absolute atomic E-state index is 0.129. The smallest absolute Gasteiger partial charge is 0.311 e. The Labute approximate surface area is 192 Å². The van der Waals surface area contributed by atoms with Gasteiger partial charge in [-0.1, -0.05) is 44.4 Å². The van der Waals surface area contributed by atoms with E-state index in [-0.39, 0.29) is 29.0 Å². The summed E-state index contributed by atoms with van der Waals surface area (Å²) in [5.74, 6) is 0.945. The van der Waals surface area contributed by atoms with Gasteiger partial charge < -0.3 is 4.74 Å². The summed E-state index contributed by atoms with van der Waals surface area (Å²) in [6.07, 6.45) is 7.24. The molecule has 0 N–H and O–H groups in total. The van der Waals surface area contributed by atoms with Crippen LogP contribution in [0.4, 0.5) is 5.69 Å². The van der Waals surface area contributed by atoms with Crippen LogP contribution in [0.2, 0.25) is 0 Å². The lowest BCUT2D eigenvalue weighted by molar-refractivity contribution is -0.386. The summed E-state index contributed by atoms with van der Waals surface area (Å²) in [4.78, 5) is 29.3. The summed E-state index contributed by atoms with van der Waals surface area (Å²) in [5.41, 5.74) is 0.729. The van der Waals surface area contributed by atoms with E-state index in [1.54, 1.807) is 24.3 Å². The molecule has 1 atom stereocenters. The van der Waals surface area contributed by atoms with E-state index in [1.807, 2.05) is 26.0 Å². The van der Waals surface area contributed by atoms with Gasteiger partial charge >= 0.3 is 5.69 Å². The molecule has 0 aliphatic heterocycles. The number of rotatable bonds is 7. The van der Waals surface area contributed by atoms with Crippen molar-refractivity contribution in [2.24, 2.45) is 5.10 Å². The fourth-order valence-corrected chi connectivity index (χ4v) is 4.20. The van der Waals surface area contributed by atoms with Crippen LogP contribution in [0.15, 0.2) is 52.4 Å². The van der Waals surface area contributed by atoms with Crippen LogP contribution < -0.4 is 10.3 Å². The van der Waals surface area contributed by atoms with Gasteiger partial charge in [-0.05, 0) is 44.4 Å². The summed E-state index contributed by atoms with van der Waals surface area (Å²) in [5, 5.41) is 16.6. The van der Waals surface area contributed by atoms with Crippen LogP contribution in [-0.4, -0.2) is 26.9 Å². The second-order valence-electron chi connectivity index (χ2n) is 8.47. The average Bonchev–Trinajstić information content (AvgIpc) is 2.84. The molecule has 1 aliphatic rings. The van der Waals surface area contributed by atoms with E-state index in [0.717, 1.165) is 25.7 Å². The topological polar surface area (TPSA) is 99.6 Å². The lowest BCUT2D eigenvalue weighted by Crippen LogP contribution is -2.25. The molecule has 4 rings (SSSR count). The van der Waals surface area contributed by atoms with E-state index >= 15 is 0 Å². The van der Waals surface area contributed by atoms with Crippen molar-refractivity contribution >= 4 is 22.8 Å². The van der Waals surface area contributed by atoms with Gasteiger partial charge in [0.15, 0.2) is 0 Å². The third-order valence-corrected chi connectivity index (χ3v) is 6.18. The fourth-order valence-electron chi connectivity index (χ4n) is 4.20. The maximum absolute atomic E-state index is 13.4. The van der Waals surface area contributed by atoms with Gasteiger partial charge in [-0.25, -0.2) is 4.98 Å². The maximum atomic E-state index is 13.4. The van der Waals surface area contributed by atoms with E-state index in [4.69, 9.17) is 9.72 Å². The number of benzene rings is 2. The van der Waals surface area contributed by atoms with Crippen molar-refractivity contribution in [1.29, 1.82) is 0 Å². The molecule has 3 aromatic rings. The van der Waals surface area contributed by atoms with Gasteiger partial charge in [0.05, 0.1) is 28.1 Å². The normalized spacial score (nSPS) is 15.7. The van der Waals surface area contributed by atoms with E-state index in [1.165, 1.54) is 23.4 Å². The van der Waals surface area contributed by atoms with E-state index in [2.05, 4.69) is 5.10 Å². The quantitative estimate of drug-likeness (QED) is 0.273. The number of hydrogen-bond donors (Lipinski definition) is 0. The maximum Gasteiger partial charge on any atom is 0.311 e. The first-order valence-electron chi connectivity index (χ1n) is 11.5. The molecule has 8 heteroatoms. The van der Waals surface area contributed by atoms with Gasteiger partial charge in [-0.2, -0.15) is 9.78 Å². The molecule has 0 amide bonds. The van der Waals surface area contributed by atoms with E-state index in [9.17, 15) is 14.9 Å². The minimum Gasteiger partial charge on any atom is -0.483 e. The Morgan fingerprint density at radius 2 is 1.97 bits per heavy atom. The van der Waals surface area contributed by atoms with Crippen LogP contribution in [0.3, 0.4) is 0 Å². The molecule has 0 unspecified atom stereocenters. The zero-order valence-electron chi connectivity index (χ0n) is 18.9. The van der Waals surface area contributed by atoms with Gasteiger partial charge in [-0.3, -0.25) is 14.9 Å². The summed E-state index contributed by atoms with van der Waals surface area (Å²) in [6.45, 7) is 3.81. The van der Waals surface area contributed by atoms with Crippen molar-refractivity contribution in [3.63, 3.8) is 0 Å². The molecular formula is C25H28N4O4. The number of nitrogens with zero attached hydrogens (tertiary/aromatic N) is 4. The molecule has 0 saturated heterocycles. The van der Waals surface area contributed by atoms with Gasteiger partial charge in [-0.15, -0.1) is 0 Å². The second kappa shape index (κ2) is 9.94. The molecule has 0 bridgehead atoms. The van der Waals surface area contributed by atoms with Crippen molar-refractivity contribution in [3.05, 3.63) is 74.3 Å². The van der Waals surface area contributed by atoms with Gasteiger partial charge in [0.25, 0.3) is 5.56 Å². The molecule has 1 saturated carbocycles. The molecule has 1 aromatic heterocycles. The minimum atomic E-state index is -0.466. The second-order valence-corrected chi connectivity index (χ2v) is 8.47. The average molecular weight is 449 g/mol. The highest BCUT2D eigenvalue weighted by atomic mass is 16.6. The molecule has 0 spiro atoms. The molecule has 1 aliphatic carbocycles. The Morgan fingerprint density at radius 1 is 1.21 bits per heavy atom. The summed E-state index contributed by atoms with van der Waals surface area (Å²) < 4.78 is 7.25. The molecular weight excluding hydrogens is 420 g/mol. The third-order valence-electron chi connectivity index (χ3n) is 6.18. The number of aromatic nitrogens is 2. The van der Waals surface area contributed by atoms with Gasteiger partial charge in [0, 0.05) is 17.5 Å². The predicted octanol–water partition coefficient (Wildman–Crippen LogP) is 5.41. The first-order valence-corrected chi connectivity index (χ1v) is 11.5. The summed E-state index contributed by atoms with van der Waals surface area (Å²) in [7, 11) is 0. The Hall–Kier alpha value is -3.55. The fraction of sp³-hybridized carbons (Fsp3) is 0.400. The number of para-hydroxylation sites is 2. The number of hydrogen-bond acceptors (Lipinski definition) is 6. The first kappa shape index (κ1) is 22.6. The Kier molecular flexibility index (Phi) is 6.82. The Morgan fingerprint density at radius 3 is 2.70 bits per heavy atom. The molecule has 8 nitrogen and oxygen atoms in total. The molecule has 2 aromatic carbocycles. The van der Waals surface area contributed by atoms with Crippen LogP contribution in [0, 0.1) is 10.1 Å². The number of nitro benzene ring substituents is 1. The van der Waals surface area contributed by atoms with Crippen LogP contribution >= 0.6 is 0 Å².